The summed E-state index contributed by atoms with van der Waals surface area (Å²) in [6, 6.07) is 22.4. The highest BCUT2D eigenvalue weighted by atomic mass is 15.0. The number of aromatic nitrogens is 2. The van der Waals surface area contributed by atoms with Crippen LogP contribution >= 0.6 is 0 Å². The second-order valence-corrected chi connectivity index (χ2v) is 9.05. The summed E-state index contributed by atoms with van der Waals surface area (Å²) in [5.74, 6) is 0. The van der Waals surface area contributed by atoms with Crippen LogP contribution in [0.15, 0.2) is 145 Å². The third-order valence-corrected chi connectivity index (χ3v) is 6.94. The first-order chi connectivity index (χ1) is 23.0. The molecule has 2 aromatic heterocycles. The molecule has 0 N–H and O–H groups in total. The highest BCUT2D eigenvalue weighted by Crippen LogP contribution is 2.37. The van der Waals surface area contributed by atoms with Crippen LogP contribution in [0.25, 0.3) is 66.1 Å². The molecule has 0 saturated carbocycles. The van der Waals surface area contributed by atoms with Gasteiger partial charge in [-0.25, -0.2) is 0 Å². The predicted molar refractivity (Wildman–Crippen MR) is 161 cm³/mol. The first-order valence-corrected chi connectivity index (χ1v) is 12.2. The molecule has 8 aromatic rings. The molecule has 2 nitrogen and oxygen atoms in total. The van der Waals surface area contributed by atoms with Gasteiger partial charge in [0.05, 0.1) is 35.8 Å². The normalized spacial score (nSPS) is 15.4. The van der Waals surface area contributed by atoms with Crippen molar-refractivity contribution in [2.24, 2.45) is 0 Å². The van der Waals surface area contributed by atoms with E-state index in [2.05, 4.69) is 0 Å². The summed E-state index contributed by atoms with van der Waals surface area (Å²) < 4.78 is 91.5. The topological polar surface area (TPSA) is 9.86 Å². The zero-order valence-electron chi connectivity index (χ0n) is 30.0. The molecule has 38 heavy (non-hydrogen) atoms. The highest BCUT2D eigenvalue weighted by Gasteiger charge is 2.16. The summed E-state index contributed by atoms with van der Waals surface area (Å²) in [6.07, 6.45) is 0. The molecule has 0 aliphatic rings. The number of rotatable bonds is 3. The third kappa shape index (κ3) is 3.07. The van der Waals surface area contributed by atoms with E-state index in [1.807, 2.05) is 48.5 Å². The average molecular weight is 495 g/mol. The van der Waals surface area contributed by atoms with E-state index in [1.165, 1.54) is 16.7 Å². The van der Waals surface area contributed by atoms with Crippen LogP contribution in [0.4, 0.5) is 0 Å². The summed E-state index contributed by atoms with van der Waals surface area (Å²) in [4.78, 5) is 0. The van der Waals surface area contributed by atoms with E-state index < -0.39 is 12.1 Å². The van der Waals surface area contributed by atoms with Gasteiger partial charge in [0.2, 0.25) is 0 Å². The molecule has 8 rings (SSSR count). The first kappa shape index (κ1) is 13.5. The molecule has 0 amide bonds. The number of fused-ring (bicyclic) bond motifs is 6. The van der Waals surface area contributed by atoms with E-state index in [0.29, 0.717) is 11.3 Å². The maximum absolute atomic E-state index is 9.74. The third-order valence-electron chi connectivity index (χ3n) is 6.94. The van der Waals surface area contributed by atoms with Gasteiger partial charge in [0, 0.05) is 32.9 Å². The molecular weight excluding hydrogens is 460 g/mol. The molecule has 0 radical (unpaired) electrons. The molecule has 0 bridgehead atoms. The van der Waals surface area contributed by atoms with Gasteiger partial charge in [-0.15, -0.1) is 0 Å². The second-order valence-electron chi connectivity index (χ2n) is 9.05. The van der Waals surface area contributed by atoms with Gasteiger partial charge in [0.25, 0.3) is 0 Å². The molecular formula is C36H24N2. The standard InChI is InChI=1S/C36H24N2/c1-2-11-25(12-3-1)26-13-10-14-27(23-26)38-35-20-9-6-17-31(35)32-22-21-28(24-36(32)38)37-33-18-7-4-15-29(33)30-16-5-8-19-34(30)37/h1-24H/i1D,6D,9D,11D,12D,17D,20D,21D,22D,24D. The monoisotopic (exact) mass is 494 g/mol. The predicted octanol–water partition coefficient (Wildman–Crippen LogP) is 9.55. The minimum atomic E-state index is -0.489. The molecule has 178 valence electrons. The lowest BCUT2D eigenvalue weighted by Crippen LogP contribution is -1.97. The van der Waals surface area contributed by atoms with Gasteiger partial charge < -0.3 is 9.13 Å². The molecule has 0 fully saturated rings. The van der Waals surface area contributed by atoms with E-state index in [1.54, 1.807) is 28.8 Å². The molecule has 0 saturated heterocycles. The minimum absolute atomic E-state index is 0.0177. The summed E-state index contributed by atoms with van der Waals surface area (Å²) in [7, 11) is 0. The second kappa shape index (κ2) is 8.22. The van der Waals surface area contributed by atoms with E-state index in [4.69, 9.17) is 9.60 Å². The number of benzene rings is 6. The quantitative estimate of drug-likeness (QED) is 0.231. The van der Waals surface area contributed by atoms with Crippen LogP contribution in [0.1, 0.15) is 13.7 Å². The van der Waals surface area contributed by atoms with Gasteiger partial charge in [-0.2, -0.15) is 0 Å². The van der Waals surface area contributed by atoms with E-state index in [-0.39, 0.29) is 81.4 Å². The maximum Gasteiger partial charge on any atom is 0.0667 e. The first-order valence-electron chi connectivity index (χ1n) is 17.2. The van der Waals surface area contributed by atoms with Crippen LogP contribution in [-0.4, -0.2) is 9.13 Å². The Kier molecular flexibility index (Phi) is 2.91. The zero-order valence-corrected chi connectivity index (χ0v) is 20.0. The van der Waals surface area contributed by atoms with Crippen molar-refractivity contribution in [2.45, 2.75) is 0 Å². The number of hydrogen-bond acceptors (Lipinski definition) is 0. The van der Waals surface area contributed by atoms with Crippen molar-refractivity contribution in [3.8, 4) is 22.5 Å². The van der Waals surface area contributed by atoms with Crippen molar-refractivity contribution in [2.75, 3.05) is 0 Å². The van der Waals surface area contributed by atoms with Gasteiger partial charge >= 0.3 is 0 Å². The Morgan fingerprint density at radius 1 is 0.421 bits per heavy atom. The van der Waals surface area contributed by atoms with Crippen LogP contribution < -0.4 is 0 Å². The van der Waals surface area contributed by atoms with Crippen molar-refractivity contribution in [3.05, 3.63) is 145 Å². The number of hydrogen-bond donors (Lipinski definition) is 0. The summed E-state index contributed by atoms with van der Waals surface area (Å²) >= 11 is 0. The summed E-state index contributed by atoms with van der Waals surface area (Å²) in [5.41, 5.74) is 2.91. The van der Waals surface area contributed by atoms with Crippen LogP contribution in [0.3, 0.4) is 0 Å². The van der Waals surface area contributed by atoms with Gasteiger partial charge in [0.15, 0.2) is 0 Å². The fraction of sp³-hybridized carbons (Fsp3) is 0. The molecule has 2 heteroatoms. The lowest BCUT2D eigenvalue weighted by molar-refractivity contribution is 1.15. The highest BCUT2D eigenvalue weighted by molar-refractivity contribution is 6.12. The molecule has 0 unspecified atom stereocenters. The number of nitrogens with zero attached hydrogens (tertiary/aromatic N) is 2. The summed E-state index contributed by atoms with van der Waals surface area (Å²) in [6.45, 7) is 0. The van der Waals surface area contributed by atoms with Crippen molar-refractivity contribution in [1.82, 2.24) is 9.13 Å². The van der Waals surface area contributed by atoms with Crippen LogP contribution in [-0.2, 0) is 0 Å². The van der Waals surface area contributed by atoms with E-state index in [9.17, 15) is 4.11 Å². The Balaban J connectivity index is 1.58. The van der Waals surface area contributed by atoms with Gasteiger partial charge in [-0.05, 0) is 53.5 Å². The molecule has 2 heterocycles. The van der Waals surface area contributed by atoms with E-state index >= 15 is 0 Å². The Morgan fingerprint density at radius 3 is 1.89 bits per heavy atom. The fourth-order valence-electron chi connectivity index (χ4n) is 5.31. The van der Waals surface area contributed by atoms with Crippen molar-refractivity contribution in [3.63, 3.8) is 0 Å². The Bertz CT molecular complexity index is 2610. The molecule has 0 spiro atoms. The lowest BCUT2D eigenvalue weighted by Gasteiger charge is -2.12. The van der Waals surface area contributed by atoms with Gasteiger partial charge in [-0.3, -0.25) is 0 Å². The maximum atomic E-state index is 9.74. The van der Waals surface area contributed by atoms with Crippen molar-refractivity contribution >= 4 is 43.6 Å². The van der Waals surface area contributed by atoms with E-state index in [0.717, 1.165) is 21.8 Å². The van der Waals surface area contributed by atoms with Crippen LogP contribution in [0, 0.1) is 0 Å². The SMILES string of the molecule is [2H]c1cc([2H])c(-c2cccc(-n3c4c([2H])c([2H])c([2H])c([2H])c4c4c([2H])c([2H])c(-n5c6ccccc6c6ccccc65)c([2H])c43)c2)c([2H])c1. The molecule has 0 aliphatic carbocycles. The van der Waals surface area contributed by atoms with Crippen LogP contribution in [0.2, 0.25) is 0 Å². The van der Waals surface area contributed by atoms with Crippen molar-refractivity contribution < 1.29 is 13.7 Å². The Labute approximate surface area is 234 Å². The Hall–Kier alpha value is -5.08. The molecule has 0 aliphatic heterocycles. The number of para-hydroxylation sites is 3. The minimum Gasteiger partial charge on any atom is -0.309 e. The fourth-order valence-corrected chi connectivity index (χ4v) is 5.31. The smallest absolute Gasteiger partial charge is 0.0667 e. The largest absolute Gasteiger partial charge is 0.309 e. The van der Waals surface area contributed by atoms with Crippen LogP contribution in [0.5, 0.6) is 0 Å². The zero-order chi connectivity index (χ0) is 33.8. The van der Waals surface area contributed by atoms with Gasteiger partial charge in [-0.1, -0.05) is 103 Å². The molecule has 6 aromatic carbocycles. The lowest BCUT2D eigenvalue weighted by atomic mass is 10.1. The Morgan fingerprint density at radius 2 is 1.11 bits per heavy atom. The average Bonchev–Trinajstić information content (AvgIpc) is 3.60. The van der Waals surface area contributed by atoms with Gasteiger partial charge in [0.1, 0.15) is 0 Å². The summed E-state index contributed by atoms with van der Waals surface area (Å²) in [5, 5.41) is 1.90. The van der Waals surface area contributed by atoms with Crippen molar-refractivity contribution in [1.29, 1.82) is 0 Å². The molecule has 0 atom stereocenters.